The zero-order chi connectivity index (χ0) is 29.6. The lowest BCUT2D eigenvalue weighted by Gasteiger charge is -2.36. The number of rotatable bonds is 7. The van der Waals surface area contributed by atoms with Gasteiger partial charge < -0.3 is 14.6 Å². The Kier molecular flexibility index (Phi) is 7.67. The lowest BCUT2D eigenvalue weighted by molar-refractivity contribution is -0.140. The molecule has 9 heteroatoms. The van der Waals surface area contributed by atoms with Gasteiger partial charge in [0.2, 0.25) is 0 Å². The van der Waals surface area contributed by atoms with Crippen LogP contribution in [-0.4, -0.2) is 68.7 Å². The molecule has 1 unspecified atom stereocenters. The van der Waals surface area contributed by atoms with E-state index in [1.165, 1.54) is 54.6 Å². The molecule has 224 valence electrons. The molecule has 43 heavy (non-hydrogen) atoms. The highest BCUT2D eigenvalue weighted by Crippen LogP contribution is 2.43. The summed E-state index contributed by atoms with van der Waals surface area (Å²) in [4.78, 5) is 20.9. The molecule has 2 fully saturated rings. The fourth-order valence-electron chi connectivity index (χ4n) is 6.98. The molecule has 5 heterocycles. The quantitative estimate of drug-likeness (QED) is 0.245. The number of thiophene rings is 1. The van der Waals surface area contributed by atoms with Gasteiger partial charge in [-0.25, -0.2) is 14.3 Å². The highest BCUT2D eigenvalue weighted by Gasteiger charge is 2.36. The van der Waals surface area contributed by atoms with E-state index in [9.17, 15) is 9.90 Å². The molecule has 8 nitrogen and oxygen atoms in total. The Labute approximate surface area is 256 Å². The Morgan fingerprint density at radius 1 is 1.12 bits per heavy atom. The second-order valence-corrected chi connectivity index (χ2v) is 13.5. The van der Waals surface area contributed by atoms with Gasteiger partial charge in [-0.2, -0.15) is 5.10 Å². The number of fused-ring (bicyclic) bond motifs is 1. The summed E-state index contributed by atoms with van der Waals surface area (Å²) in [7, 11) is 0. The highest BCUT2D eigenvalue weighted by molar-refractivity contribution is 7.17. The SMILES string of the molecule is CC1(C)OCC(CN2CCC(C3CCCCC3)=C(c3cc(-c4ccc(-c5cc6ncccn6n5)cc4)sc3C(=O)O)C2)O1. The fourth-order valence-corrected chi connectivity index (χ4v) is 8.01. The number of carboxylic acids is 1. The molecular weight excluding hydrogens is 560 g/mol. The van der Waals surface area contributed by atoms with E-state index in [0.29, 0.717) is 17.4 Å². The second-order valence-electron chi connectivity index (χ2n) is 12.5. The third kappa shape index (κ3) is 5.91. The average molecular weight is 599 g/mol. The van der Waals surface area contributed by atoms with Gasteiger partial charge in [-0.05, 0) is 62.3 Å². The summed E-state index contributed by atoms with van der Waals surface area (Å²) in [5, 5.41) is 15.0. The van der Waals surface area contributed by atoms with E-state index in [2.05, 4.69) is 45.3 Å². The minimum atomic E-state index is -0.859. The zero-order valence-corrected chi connectivity index (χ0v) is 25.6. The first-order valence-corrected chi connectivity index (χ1v) is 16.2. The summed E-state index contributed by atoms with van der Waals surface area (Å²) >= 11 is 1.38. The predicted molar refractivity (Wildman–Crippen MR) is 168 cm³/mol. The van der Waals surface area contributed by atoms with E-state index in [0.717, 1.165) is 59.0 Å². The summed E-state index contributed by atoms with van der Waals surface area (Å²) in [5.41, 5.74) is 7.24. The molecule has 3 aliphatic rings. The van der Waals surface area contributed by atoms with Crippen LogP contribution in [-0.2, 0) is 9.47 Å². The van der Waals surface area contributed by atoms with Crippen molar-refractivity contribution in [3.05, 3.63) is 70.9 Å². The second kappa shape index (κ2) is 11.6. The molecule has 0 bridgehead atoms. The van der Waals surface area contributed by atoms with Crippen molar-refractivity contribution in [2.75, 3.05) is 26.2 Å². The first kappa shape index (κ1) is 28.4. The van der Waals surface area contributed by atoms with Gasteiger partial charge in [-0.15, -0.1) is 11.3 Å². The van der Waals surface area contributed by atoms with Gasteiger partial charge in [0.15, 0.2) is 11.4 Å². The smallest absolute Gasteiger partial charge is 0.346 e. The number of carboxylic acid groups (broad SMARTS) is 1. The Balaban J connectivity index is 1.21. The topological polar surface area (TPSA) is 89.2 Å². The molecule has 1 aliphatic carbocycles. The summed E-state index contributed by atoms with van der Waals surface area (Å²) in [6.45, 7) is 7.00. The van der Waals surface area contributed by atoms with Crippen molar-refractivity contribution in [2.45, 2.75) is 64.3 Å². The third-order valence-electron chi connectivity index (χ3n) is 9.05. The Morgan fingerprint density at radius 2 is 1.91 bits per heavy atom. The molecule has 7 rings (SSSR count). The highest BCUT2D eigenvalue weighted by atomic mass is 32.1. The van der Waals surface area contributed by atoms with Crippen molar-refractivity contribution < 1.29 is 19.4 Å². The maximum absolute atomic E-state index is 12.7. The minimum Gasteiger partial charge on any atom is -0.477 e. The number of nitrogens with zero attached hydrogens (tertiary/aromatic N) is 4. The molecule has 1 atom stereocenters. The molecule has 0 amide bonds. The van der Waals surface area contributed by atoms with E-state index < -0.39 is 11.8 Å². The van der Waals surface area contributed by atoms with Crippen molar-refractivity contribution >= 4 is 28.5 Å². The van der Waals surface area contributed by atoms with Crippen molar-refractivity contribution in [3.63, 3.8) is 0 Å². The summed E-state index contributed by atoms with van der Waals surface area (Å²) in [5.74, 6) is -0.870. The van der Waals surface area contributed by atoms with E-state index in [1.54, 1.807) is 10.7 Å². The number of aromatic nitrogens is 3. The van der Waals surface area contributed by atoms with Gasteiger partial charge in [0.05, 0.1) is 18.4 Å². The Hall–Kier alpha value is -3.37. The van der Waals surface area contributed by atoms with Crippen LogP contribution >= 0.6 is 11.3 Å². The van der Waals surface area contributed by atoms with Crippen LogP contribution in [0.2, 0.25) is 0 Å². The lowest BCUT2D eigenvalue weighted by atomic mass is 9.78. The van der Waals surface area contributed by atoms with Crippen LogP contribution in [0.5, 0.6) is 0 Å². The van der Waals surface area contributed by atoms with E-state index >= 15 is 0 Å². The number of hydrogen-bond donors (Lipinski definition) is 1. The molecular formula is C34H38N4O4S. The van der Waals surface area contributed by atoms with Crippen molar-refractivity contribution in [2.24, 2.45) is 5.92 Å². The van der Waals surface area contributed by atoms with Crippen LogP contribution in [0.25, 0.3) is 32.9 Å². The van der Waals surface area contributed by atoms with Gasteiger partial charge in [-0.3, -0.25) is 4.90 Å². The van der Waals surface area contributed by atoms with E-state index in [-0.39, 0.29) is 6.10 Å². The van der Waals surface area contributed by atoms with Crippen molar-refractivity contribution in [1.29, 1.82) is 0 Å². The minimum absolute atomic E-state index is 0.0201. The first-order chi connectivity index (χ1) is 20.8. The van der Waals surface area contributed by atoms with Gasteiger partial charge in [0, 0.05) is 54.1 Å². The maximum Gasteiger partial charge on any atom is 0.346 e. The summed E-state index contributed by atoms with van der Waals surface area (Å²) in [6, 6.07) is 14.2. The summed E-state index contributed by atoms with van der Waals surface area (Å²) < 4.78 is 13.7. The third-order valence-corrected chi connectivity index (χ3v) is 10.2. The van der Waals surface area contributed by atoms with E-state index in [4.69, 9.17) is 9.47 Å². The number of aromatic carboxylic acids is 1. The maximum atomic E-state index is 12.7. The molecule has 1 saturated heterocycles. The number of benzene rings is 1. The standard InChI is InChI=1S/C34H38N4O4S/c1-34(2)41-21-25(42-34)19-37-16-13-26(22-7-4-3-5-8-22)28(20-37)27-17-30(43-32(27)33(39)40)24-11-9-23(10-12-24)29-18-31-35-14-6-15-38(31)36-29/h6,9-12,14-15,17-18,22,25H,3-5,7-8,13,16,19-21H2,1-2H3,(H,39,40). The normalized spacial score (nSPS) is 21.6. The number of ether oxygens (including phenoxy) is 2. The van der Waals surface area contributed by atoms with Crippen molar-refractivity contribution in [3.8, 4) is 21.7 Å². The van der Waals surface area contributed by atoms with Gasteiger partial charge in [0.1, 0.15) is 4.88 Å². The van der Waals surface area contributed by atoms with Gasteiger partial charge in [0.25, 0.3) is 0 Å². The molecule has 0 radical (unpaired) electrons. The predicted octanol–water partition coefficient (Wildman–Crippen LogP) is 7.01. The summed E-state index contributed by atoms with van der Waals surface area (Å²) in [6.07, 6.45) is 10.8. The van der Waals surface area contributed by atoms with Crippen molar-refractivity contribution in [1.82, 2.24) is 19.5 Å². The van der Waals surface area contributed by atoms with Gasteiger partial charge in [-0.1, -0.05) is 49.1 Å². The average Bonchev–Trinajstić information content (AvgIpc) is 3.74. The van der Waals surface area contributed by atoms with Crippen LogP contribution in [0, 0.1) is 5.92 Å². The molecule has 1 saturated carbocycles. The van der Waals surface area contributed by atoms with Crippen LogP contribution in [0.3, 0.4) is 0 Å². The van der Waals surface area contributed by atoms with Crippen LogP contribution < -0.4 is 0 Å². The zero-order valence-electron chi connectivity index (χ0n) is 24.8. The molecule has 4 aromatic rings. The number of hydrogen-bond acceptors (Lipinski definition) is 7. The van der Waals surface area contributed by atoms with Gasteiger partial charge >= 0.3 is 5.97 Å². The molecule has 2 aliphatic heterocycles. The van der Waals surface area contributed by atoms with Crippen LogP contribution in [0.15, 0.2) is 60.4 Å². The Bertz CT molecular complexity index is 1630. The molecule has 1 aromatic carbocycles. The Morgan fingerprint density at radius 3 is 2.63 bits per heavy atom. The first-order valence-electron chi connectivity index (χ1n) is 15.4. The molecule has 1 N–H and O–H groups in total. The van der Waals surface area contributed by atoms with Crippen LogP contribution in [0.4, 0.5) is 0 Å². The molecule has 3 aromatic heterocycles. The van der Waals surface area contributed by atoms with Crippen LogP contribution in [0.1, 0.15) is 67.6 Å². The number of carbonyl (C=O) groups is 1. The largest absolute Gasteiger partial charge is 0.477 e. The van der Waals surface area contributed by atoms with E-state index in [1.807, 2.05) is 32.2 Å². The fraction of sp³-hybridized carbons (Fsp3) is 0.441. The monoisotopic (exact) mass is 598 g/mol. The molecule has 0 spiro atoms. The lowest BCUT2D eigenvalue weighted by Crippen LogP contribution is -2.39.